The molecule has 0 radical (unpaired) electrons. The van der Waals surface area contributed by atoms with E-state index in [1.165, 1.54) is 22.7 Å². The van der Waals surface area contributed by atoms with E-state index >= 15 is 0 Å². The number of nitrogens with zero attached hydrogens (tertiary/aromatic N) is 2. The van der Waals surface area contributed by atoms with Gasteiger partial charge >= 0.3 is 0 Å². The number of amides is 2. The molecule has 2 N–H and O–H groups in total. The summed E-state index contributed by atoms with van der Waals surface area (Å²) in [4.78, 5) is 34.3. The minimum absolute atomic E-state index is 0.188. The van der Waals surface area contributed by atoms with Crippen molar-refractivity contribution in [3.63, 3.8) is 0 Å². The van der Waals surface area contributed by atoms with Gasteiger partial charge in [-0.25, -0.2) is 26.8 Å². The van der Waals surface area contributed by atoms with Crippen LogP contribution in [0, 0.1) is 13.8 Å². The number of sulfone groups is 2. The van der Waals surface area contributed by atoms with Gasteiger partial charge in [0.05, 0.1) is 32.7 Å². The van der Waals surface area contributed by atoms with E-state index in [4.69, 9.17) is 4.74 Å². The molecule has 2 amide bonds. The molecule has 0 unspecified atom stereocenters. The number of benzene rings is 4. The Hall–Kier alpha value is -5.22. The van der Waals surface area contributed by atoms with E-state index in [9.17, 15) is 26.4 Å². The quantitative estimate of drug-likeness (QED) is 0.112. The normalized spacial score (nSPS) is 11.6. The van der Waals surface area contributed by atoms with Gasteiger partial charge in [0, 0.05) is 34.7 Å². The third kappa shape index (κ3) is 10.0. The summed E-state index contributed by atoms with van der Waals surface area (Å²) in [7, 11) is -7.16. The summed E-state index contributed by atoms with van der Waals surface area (Å²) < 4.78 is 56.3. The molecule has 2 aromatic heterocycles. The minimum atomic E-state index is -3.58. The third-order valence-electron chi connectivity index (χ3n) is 7.99. The first-order valence-electron chi connectivity index (χ1n) is 16.3. The number of rotatable bonds is 14. The molecule has 0 aliphatic carbocycles. The zero-order valence-electron chi connectivity index (χ0n) is 28.6. The van der Waals surface area contributed by atoms with Crippen molar-refractivity contribution < 1.29 is 31.2 Å². The van der Waals surface area contributed by atoms with Crippen LogP contribution in [0.2, 0.25) is 0 Å². The van der Waals surface area contributed by atoms with E-state index in [1.807, 2.05) is 38.1 Å². The van der Waals surface area contributed by atoms with E-state index in [0.717, 1.165) is 22.3 Å². The van der Waals surface area contributed by atoms with Crippen LogP contribution in [0.15, 0.2) is 118 Å². The number of carbonyl (C=O) groups excluding carboxylic acids is 2. The molecule has 0 fully saturated rings. The van der Waals surface area contributed by atoms with E-state index in [2.05, 4.69) is 20.6 Å². The van der Waals surface area contributed by atoms with Gasteiger partial charge in [0.15, 0.2) is 29.9 Å². The lowest BCUT2D eigenvalue weighted by Crippen LogP contribution is -2.17. The fourth-order valence-corrected chi connectivity index (χ4v) is 8.95. The van der Waals surface area contributed by atoms with Gasteiger partial charge in [-0.2, -0.15) is 0 Å². The summed E-state index contributed by atoms with van der Waals surface area (Å²) in [6.45, 7) is 3.75. The van der Waals surface area contributed by atoms with Crippen LogP contribution in [0.4, 0.5) is 10.3 Å². The predicted octanol–water partition coefficient (Wildman–Crippen LogP) is 7.95. The Balaban J connectivity index is 0.973. The Morgan fingerprint density at radius 3 is 1.28 bits per heavy atom. The molecule has 0 aliphatic rings. The second kappa shape index (κ2) is 16.2. The topological polar surface area (TPSA) is 161 Å². The van der Waals surface area contributed by atoms with Gasteiger partial charge in [0.1, 0.15) is 11.5 Å². The highest BCUT2D eigenvalue weighted by Crippen LogP contribution is 2.31. The lowest BCUT2D eigenvalue weighted by Gasteiger charge is -2.07. The average Bonchev–Trinajstić information content (AvgIpc) is 3.81. The van der Waals surface area contributed by atoms with E-state index < -0.39 is 31.5 Å². The van der Waals surface area contributed by atoms with Gasteiger partial charge in [-0.05, 0) is 86.6 Å². The van der Waals surface area contributed by atoms with E-state index in [-0.39, 0.29) is 34.1 Å². The van der Waals surface area contributed by atoms with Crippen LogP contribution in [0.1, 0.15) is 24.0 Å². The maximum atomic E-state index is 12.6. The molecule has 0 aliphatic heterocycles. The van der Waals surface area contributed by atoms with Crippen LogP contribution in [0.25, 0.3) is 22.5 Å². The van der Waals surface area contributed by atoms with Crippen LogP contribution in [-0.4, -0.2) is 50.1 Å². The van der Waals surface area contributed by atoms with Gasteiger partial charge in [-0.3, -0.25) is 9.59 Å². The molecule has 0 spiro atoms. The molecular weight excluding hydrogens is 753 g/mol. The van der Waals surface area contributed by atoms with Crippen molar-refractivity contribution in [2.24, 2.45) is 0 Å². The highest BCUT2D eigenvalue weighted by molar-refractivity contribution is 7.91. The molecule has 0 saturated carbocycles. The first-order valence-corrected chi connectivity index (χ1v) is 21.4. The van der Waals surface area contributed by atoms with Crippen molar-refractivity contribution in [3.8, 4) is 34.0 Å². The lowest BCUT2D eigenvalue weighted by atomic mass is 10.1. The van der Waals surface area contributed by atoms with Gasteiger partial charge in [-0.1, -0.05) is 35.4 Å². The molecule has 272 valence electrons. The van der Waals surface area contributed by atoms with Crippen molar-refractivity contribution >= 4 is 64.4 Å². The molecule has 0 bridgehead atoms. The Morgan fingerprint density at radius 2 is 0.925 bits per heavy atom. The second-order valence-electron chi connectivity index (χ2n) is 12.1. The van der Waals surface area contributed by atoms with E-state index in [1.54, 1.807) is 83.6 Å². The smallest absolute Gasteiger partial charge is 0.227 e. The van der Waals surface area contributed by atoms with Crippen LogP contribution in [0.5, 0.6) is 11.5 Å². The zero-order valence-corrected chi connectivity index (χ0v) is 31.9. The number of thiazole rings is 2. The number of hydrogen-bond acceptors (Lipinski definition) is 11. The monoisotopic (exact) mass is 786 g/mol. The standard InChI is InChI=1S/C38H34N4O7S4/c1-25-3-15-31(16-4-25)52(45,46)21-19-35(43)41-37-39-33(23-50-37)27-7-11-29(12-8-27)49-30-13-9-28(10-14-30)34-24-51-38(40-34)42-36(44)20-22-53(47,48)32-17-5-26(2)6-18-32/h3-18,23-24H,19-22H2,1-2H3,(H,39,41,43)(H,40,42,44). The Morgan fingerprint density at radius 1 is 0.566 bits per heavy atom. The number of nitrogens with one attached hydrogen (secondary N) is 2. The summed E-state index contributed by atoms with van der Waals surface area (Å²) in [5.41, 5.74) is 4.83. The number of aromatic nitrogens is 2. The third-order valence-corrected chi connectivity index (χ3v) is 13.0. The maximum absolute atomic E-state index is 12.6. The molecule has 2 heterocycles. The summed E-state index contributed by atoms with van der Waals surface area (Å²) in [5, 5.41) is 9.73. The Kier molecular flexibility index (Phi) is 11.5. The van der Waals surface area contributed by atoms with Gasteiger partial charge in [-0.15, -0.1) is 22.7 Å². The van der Waals surface area contributed by atoms with Crippen molar-refractivity contribution in [1.82, 2.24) is 9.97 Å². The summed E-state index contributed by atoms with van der Waals surface area (Å²) in [6.07, 6.45) is -0.375. The minimum Gasteiger partial charge on any atom is -0.457 e. The van der Waals surface area contributed by atoms with Crippen molar-refractivity contribution in [1.29, 1.82) is 0 Å². The van der Waals surface area contributed by atoms with Crippen molar-refractivity contribution in [2.45, 2.75) is 36.5 Å². The highest BCUT2D eigenvalue weighted by atomic mass is 32.2. The molecule has 6 rings (SSSR count). The lowest BCUT2D eigenvalue weighted by molar-refractivity contribution is -0.116. The molecule has 53 heavy (non-hydrogen) atoms. The molecule has 0 saturated heterocycles. The van der Waals surface area contributed by atoms with Crippen molar-refractivity contribution in [3.05, 3.63) is 119 Å². The van der Waals surface area contributed by atoms with Crippen LogP contribution in [0.3, 0.4) is 0 Å². The first kappa shape index (κ1) is 37.5. The fourth-order valence-electron chi connectivity index (χ4n) is 5.00. The number of ether oxygens (including phenoxy) is 1. The van der Waals surface area contributed by atoms with Crippen molar-refractivity contribution in [2.75, 3.05) is 22.1 Å². The van der Waals surface area contributed by atoms with Crippen LogP contribution >= 0.6 is 22.7 Å². The summed E-state index contributed by atoms with van der Waals surface area (Å²) in [5.74, 6) is -0.270. The number of aryl methyl sites for hydroxylation is 2. The highest BCUT2D eigenvalue weighted by Gasteiger charge is 2.19. The summed E-state index contributed by atoms with van der Waals surface area (Å²) >= 11 is 2.49. The van der Waals surface area contributed by atoms with Gasteiger partial charge < -0.3 is 15.4 Å². The molecule has 11 nitrogen and oxygen atoms in total. The first-order chi connectivity index (χ1) is 25.3. The number of anilines is 2. The van der Waals surface area contributed by atoms with Crippen LogP contribution < -0.4 is 15.4 Å². The molecular formula is C38H34N4O7S4. The largest absolute Gasteiger partial charge is 0.457 e. The van der Waals surface area contributed by atoms with Gasteiger partial charge in [0.25, 0.3) is 0 Å². The Labute approximate surface area is 315 Å². The number of carbonyl (C=O) groups is 2. The van der Waals surface area contributed by atoms with Crippen LogP contribution in [-0.2, 0) is 29.3 Å². The SMILES string of the molecule is Cc1ccc(S(=O)(=O)CCC(=O)Nc2nc(-c3ccc(Oc4ccc(-c5csc(NC(=O)CCS(=O)(=O)c6ccc(C)cc6)n5)cc4)cc3)cs2)cc1. The average molecular weight is 787 g/mol. The van der Waals surface area contributed by atoms with E-state index in [0.29, 0.717) is 33.1 Å². The number of hydrogen-bond donors (Lipinski definition) is 2. The molecule has 0 atom stereocenters. The van der Waals surface area contributed by atoms with Gasteiger partial charge in [0.2, 0.25) is 11.8 Å². The molecule has 6 aromatic rings. The maximum Gasteiger partial charge on any atom is 0.227 e. The molecule has 15 heteroatoms. The zero-order chi connectivity index (χ0) is 37.6. The fraction of sp³-hybridized carbons (Fsp3) is 0.158. The Bertz CT molecular complexity index is 2270. The predicted molar refractivity (Wildman–Crippen MR) is 208 cm³/mol. The molecule has 4 aromatic carbocycles. The summed E-state index contributed by atoms with van der Waals surface area (Å²) in [6, 6.07) is 27.7. The second-order valence-corrected chi connectivity index (χ2v) is 18.0.